The van der Waals surface area contributed by atoms with E-state index in [9.17, 15) is 11.8 Å². The Morgan fingerprint density at radius 3 is 1.15 bits per heavy atom. The largest absolute Gasteiger partial charge is 0.456 e. The van der Waals surface area contributed by atoms with Crippen LogP contribution in [0.4, 0.5) is 5.69 Å². The van der Waals surface area contributed by atoms with Crippen LogP contribution in [0.25, 0.3) is 159 Å². The molecule has 11 aromatic carbocycles. The van der Waals surface area contributed by atoms with Crippen molar-refractivity contribution in [2.24, 2.45) is 0 Å². The van der Waals surface area contributed by atoms with E-state index in [4.69, 9.17) is 13.7 Å². The lowest BCUT2D eigenvalue weighted by Crippen LogP contribution is -2.14. The minimum absolute atomic E-state index is 0.315. The molecule has 0 radical (unpaired) electrons. The molecular weight excluding hydrogens is 981 g/mol. The summed E-state index contributed by atoms with van der Waals surface area (Å²) in [6, 6.07) is 71.3. The molecule has 17 aromatic rings. The molecule has 8 heteroatoms. The quantitative estimate of drug-likeness (QED) is 0.165. The molecule has 0 saturated heterocycles. The highest BCUT2D eigenvalue weighted by Crippen LogP contribution is 2.54. The van der Waals surface area contributed by atoms with Crippen LogP contribution >= 0.6 is 0 Å². The first-order chi connectivity index (χ1) is 39.3. The standard InChI is InChI=1S/C72H44N6O2/c1-39-22-28-56-49(34-39)50-35-40(2)23-29-57(50)75(56)70-53(38-73)69(77-54-18-10-6-14-43(54)45-26-32-62-64(67(45)77)47-16-8-12-20-60(47)79-62)66(74-5)71(76-58-30-24-41(3)36-51(58)52-37-42(4)25-31-59(52)76)72(70)78-55-19-11-7-15-44(55)46-27-33-63-65(68(46)78)48-17-9-13-21-61(48)80-63/h6-37H,1-4H3. The zero-order valence-corrected chi connectivity index (χ0v) is 44.0. The number of fused-ring (bicyclic) bond motifs is 20. The number of hydrogen-bond acceptors (Lipinski definition) is 3. The van der Waals surface area contributed by atoms with E-state index in [1.807, 2.05) is 30.3 Å². The Labute approximate surface area is 456 Å². The smallest absolute Gasteiger partial charge is 0.237 e. The van der Waals surface area contributed by atoms with Gasteiger partial charge in [0.2, 0.25) is 5.69 Å². The molecule has 80 heavy (non-hydrogen) atoms. The first-order valence-electron chi connectivity index (χ1n) is 27.0. The molecule has 0 aliphatic carbocycles. The number of hydrogen-bond donors (Lipinski definition) is 0. The van der Waals surface area contributed by atoms with Gasteiger partial charge < -0.3 is 27.1 Å². The summed E-state index contributed by atoms with van der Waals surface area (Å²) in [6.45, 7) is 18.6. The van der Waals surface area contributed by atoms with E-state index >= 15 is 0 Å². The molecule has 0 atom stereocenters. The number of para-hydroxylation sites is 4. The molecule has 0 spiro atoms. The molecule has 0 saturated carbocycles. The zero-order chi connectivity index (χ0) is 53.4. The van der Waals surface area contributed by atoms with Gasteiger partial charge in [0.25, 0.3) is 0 Å². The van der Waals surface area contributed by atoms with Crippen LogP contribution in [0, 0.1) is 45.6 Å². The molecule has 6 heterocycles. The van der Waals surface area contributed by atoms with Gasteiger partial charge >= 0.3 is 0 Å². The summed E-state index contributed by atoms with van der Waals surface area (Å²) >= 11 is 0. The Morgan fingerprint density at radius 2 is 0.725 bits per heavy atom. The van der Waals surface area contributed by atoms with Gasteiger partial charge in [0.15, 0.2) is 0 Å². The Kier molecular flexibility index (Phi) is 8.81. The number of nitrogens with zero attached hydrogens (tertiary/aromatic N) is 6. The van der Waals surface area contributed by atoms with E-state index in [0.29, 0.717) is 39.6 Å². The Hall–Kier alpha value is -10.8. The molecule has 6 aromatic heterocycles. The molecule has 8 nitrogen and oxygen atoms in total. The summed E-state index contributed by atoms with van der Waals surface area (Å²) < 4.78 is 22.7. The molecule has 0 amide bonds. The summed E-state index contributed by atoms with van der Waals surface area (Å²) in [7, 11) is 0. The van der Waals surface area contributed by atoms with Crippen LogP contribution < -0.4 is 0 Å². The first-order valence-corrected chi connectivity index (χ1v) is 27.0. The minimum atomic E-state index is 0.315. The van der Waals surface area contributed by atoms with E-state index in [-0.39, 0.29) is 0 Å². The van der Waals surface area contributed by atoms with Crippen molar-refractivity contribution in [2.45, 2.75) is 27.7 Å². The molecule has 0 N–H and O–H groups in total. The maximum absolute atomic E-state index is 12.9. The minimum Gasteiger partial charge on any atom is -0.456 e. The van der Waals surface area contributed by atoms with Crippen LogP contribution in [0.15, 0.2) is 203 Å². The van der Waals surface area contributed by atoms with Gasteiger partial charge in [-0.1, -0.05) is 119 Å². The number of aryl methyl sites for hydroxylation is 4. The lowest BCUT2D eigenvalue weighted by molar-refractivity contribution is 0.669. The number of rotatable bonds is 4. The van der Waals surface area contributed by atoms with Crippen LogP contribution in [0.2, 0.25) is 0 Å². The van der Waals surface area contributed by atoms with Crippen LogP contribution in [0.5, 0.6) is 0 Å². The van der Waals surface area contributed by atoms with Crippen molar-refractivity contribution in [1.29, 1.82) is 5.26 Å². The first kappa shape index (κ1) is 44.3. The second-order valence-corrected chi connectivity index (χ2v) is 21.7. The van der Waals surface area contributed by atoms with E-state index < -0.39 is 0 Å². The number of aromatic nitrogens is 4. The van der Waals surface area contributed by atoms with Crippen LogP contribution in [-0.2, 0) is 0 Å². The SMILES string of the molecule is [C-]#[N+]c1c(-n2c3ccc(C)cc3c3cc(C)ccc32)c(-n2c3ccccc3c3ccc4oc5ccccc5c4c32)c(-n2c3ccc(C)cc3c3cc(C)ccc32)c(C#N)c1-n1c2ccccc2c2ccc3oc4ccccc4c3c21. The van der Waals surface area contributed by atoms with Gasteiger partial charge in [0.1, 0.15) is 28.4 Å². The fourth-order valence-corrected chi connectivity index (χ4v) is 13.7. The second kappa shape index (κ2) is 15.9. The van der Waals surface area contributed by atoms with Crippen molar-refractivity contribution in [1.82, 2.24) is 18.3 Å². The van der Waals surface area contributed by atoms with Crippen molar-refractivity contribution in [3.63, 3.8) is 0 Å². The maximum Gasteiger partial charge on any atom is 0.237 e. The monoisotopic (exact) mass is 1020 g/mol. The Balaban J connectivity index is 1.23. The number of nitriles is 1. The van der Waals surface area contributed by atoms with Gasteiger partial charge in [-0.05, 0) is 125 Å². The van der Waals surface area contributed by atoms with Gasteiger partial charge in [0.05, 0.1) is 89.8 Å². The highest BCUT2D eigenvalue weighted by molar-refractivity contribution is 6.27. The third-order valence-corrected chi connectivity index (χ3v) is 17.0. The third-order valence-electron chi connectivity index (χ3n) is 17.0. The molecule has 374 valence electrons. The van der Waals surface area contributed by atoms with Crippen molar-refractivity contribution in [3.05, 3.63) is 233 Å². The lowest BCUT2D eigenvalue weighted by atomic mass is 10.0. The van der Waals surface area contributed by atoms with E-state index in [1.54, 1.807) is 0 Å². The number of furan rings is 2. The molecule has 0 fully saturated rings. The van der Waals surface area contributed by atoms with Gasteiger partial charge in [-0.15, -0.1) is 0 Å². The third kappa shape index (κ3) is 5.71. The van der Waals surface area contributed by atoms with Crippen molar-refractivity contribution in [2.75, 3.05) is 0 Å². The average Bonchev–Trinajstić information content (AvgIpc) is 4.34. The number of benzene rings is 11. The molecule has 0 unspecified atom stereocenters. The van der Waals surface area contributed by atoms with Gasteiger partial charge in [0, 0.05) is 53.9 Å². The van der Waals surface area contributed by atoms with Gasteiger partial charge in [-0.25, -0.2) is 4.85 Å². The van der Waals surface area contributed by atoms with Gasteiger partial charge in [-0.2, -0.15) is 5.26 Å². The summed E-state index contributed by atoms with van der Waals surface area (Å²) in [5, 5.41) is 24.9. The Morgan fingerprint density at radius 1 is 0.350 bits per heavy atom. The maximum atomic E-state index is 12.9. The molecule has 17 rings (SSSR count). The predicted octanol–water partition coefficient (Wildman–Crippen LogP) is 19.5. The highest BCUT2D eigenvalue weighted by atomic mass is 16.3. The molecular formula is C72H44N6O2. The zero-order valence-electron chi connectivity index (χ0n) is 44.0. The lowest BCUT2D eigenvalue weighted by Gasteiger charge is -2.27. The second-order valence-electron chi connectivity index (χ2n) is 21.7. The molecule has 0 bridgehead atoms. The van der Waals surface area contributed by atoms with Crippen molar-refractivity contribution < 1.29 is 8.83 Å². The van der Waals surface area contributed by atoms with E-state index in [1.165, 1.54) is 0 Å². The normalized spacial score (nSPS) is 12.2. The topological polar surface area (TPSA) is 74.2 Å². The predicted molar refractivity (Wildman–Crippen MR) is 328 cm³/mol. The summed E-state index contributed by atoms with van der Waals surface area (Å²) in [6.07, 6.45) is 0. The highest BCUT2D eigenvalue weighted by Gasteiger charge is 2.36. The van der Waals surface area contributed by atoms with Crippen molar-refractivity contribution >= 4 is 137 Å². The Bertz CT molecular complexity index is 5470. The average molecular weight is 1030 g/mol. The summed E-state index contributed by atoms with van der Waals surface area (Å²) in [4.78, 5) is 4.88. The van der Waals surface area contributed by atoms with Crippen LogP contribution in [-0.4, -0.2) is 18.3 Å². The fourth-order valence-electron chi connectivity index (χ4n) is 13.7. The molecule has 0 aliphatic rings. The van der Waals surface area contributed by atoms with E-state index in [0.717, 1.165) is 148 Å². The van der Waals surface area contributed by atoms with Crippen LogP contribution in [0.3, 0.4) is 0 Å². The van der Waals surface area contributed by atoms with E-state index in [2.05, 4.69) is 216 Å². The van der Waals surface area contributed by atoms with Crippen LogP contribution in [0.1, 0.15) is 27.8 Å². The summed E-state index contributed by atoms with van der Waals surface area (Å²) in [5.74, 6) is 0. The van der Waals surface area contributed by atoms with Gasteiger partial charge in [-0.3, -0.25) is 0 Å². The molecule has 0 aliphatic heterocycles. The fraction of sp³-hybridized carbons (Fsp3) is 0.0556. The van der Waals surface area contributed by atoms with Crippen molar-refractivity contribution in [3.8, 4) is 28.8 Å². The summed E-state index contributed by atoms with van der Waals surface area (Å²) in [5.41, 5.74) is 17.8.